The van der Waals surface area contributed by atoms with Gasteiger partial charge in [-0.25, -0.2) is 4.98 Å². The number of aromatic nitrogens is 1. The fourth-order valence-electron chi connectivity index (χ4n) is 2.17. The lowest BCUT2D eigenvalue weighted by Crippen LogP contribution is -2.08. The van der Waals surface area contributed by atoms with Crippen molar-refractivity contribution in [2.45, 2.75) is 44.6 Å². The molecular formula is C13H22N2O2. The van der Waals surface area contributed by atoms with Gasteiger partial charge in [-0.05, 0) is 39.3 Å². The number of hydrogen-bond donors (Lipinski definition) is 1. The Morgan fingerprint density at radius 1 is 1.47 bits per heavy atom. The molecule has 0 spiro atoms. The molecule has 1 atom stereocenters. The zero-order valence-electron chi connectivity index (χ0n) is 10.6. The third-order valence-corrected chi connectivity index (χ3v) is 3.16. The molecule has 0 amide bonds. The van der Waals surface area contributed by atoms with Crippen LogP contribution < -0.4 is 5.32 Å². The molecule has 1 aromatic rings. The van der Waals surface area contributed by atoms with Crippen molar-refractivity contribution in [3.63, 3.8) is 0 Å². The van der Waals surface area contributed by atoms with Gasteiger partial charge >= 0.3 is 0 Å². The summed E-state index contributed by atoms with van der Waals surface area (Å²) in [5, 5.41) is 3.12. The Balaban J connectivity index is 1.69. The first kappa shape index (κ1) is 12.6. The second-order valence-corrected chi connectivity index (χ2v) is 4.60. The van der Waals surface area contributed by atoms with Crippen LogP contribution in [-0.4, -0.2) is 31.3 Å². The zero-order valence-corrected chi connectivity index (χ0v) is 10.6. The van der Waals surface area contributed by atoms with Crippen LogP contribution in [-0.2, 0) is 17.6 Å². The molecule has 4 heteroatoms. The summed E-state index contributed by atoms with van der Waals surface area (Å²) in [5.41, 5.74) is 0. The van der Waals surface area contributed by atoms with E-state index in [-0.39, 0.29) is 0 Å². The van der Waals surface area contributed by atoms with Crippen LogP contribution in [0.4, 0.5) is 0 Å². The van der Waals surface area contributed by atoms with E-state index < -0.39 is 0 Å². The number of oxazole rings is 1. The van der Waals surface area contributed by atoms with Gasteiger partial charge in [-0.2, -0.15) is 0 Å². The van der Waals surface area contributed by atoms with Crippen molar-refractivity contribution in [2.75, 3.05) is 20.2 Å². The summed E-state index contributed by atoms with van der Waals surface area (Å²) in [6, 6.07) is 0. The molecular weight excluding hydrogens is 216 g/mol. The van der Waals surface area contributed by atoms with E-state index in [1.54, 1.807) is 0 Å². The van der Waals surface area contributed by atoms with Gasteiger partial charge in [0, 0.05) is 19.4 Å². The van der Waals surface area contributed by atoms with Crippen LogP contribution in [0, 0.1) is 0 Å². The lowest BCUT2D eigenvalue weighted by molar-refractivity contribution is 0.103. The van der Waals surface area contributed by atoms with E-state index in [4.69, 9.17) is 9.15 Å². The first-order valence-corrected chi connectivity index (χ1v) is 6.58. The van der Waals surface area contributed by atoms with E-state index in [0.29, 0.717) is 6.10 Å². The highest BCUT2D eigenvalue weighted by atomic mass is 16.5. The van der Waals surface area contributed by atoms with Crippen molar-refractivity contribution >= 4 is 0 Å². The molecule has 1 saturated heterocycles. The number of nitrogens with zero attached hydrogens (tertiary/aromatic N) is 1. The summed E-state index contributed by atoms with van der Waals surface area (Å²) in [5.74, 6) is 1.86. The van der Waals surface area contributed by atoms with Gasteiger partial charge in [-0.3, -0.25) is 0 Å². The van der Waals surface area contributed by atoms with Crippen molar-refractivity contribution in [3.05, 3.63) is 17.8 Å². The minimum absolute atomic E-state index is 0.438. The van der Waals surface area contributed by atoms with Gasteiger partial charge in [0.05, 0.1) is 12.3 Å². The summed E-state index contributed by atoms with van der Waals surface area (Å²) in [7, 11) is 1.96. The minimum atomic E-state index is 0.438. The van der Waals surface area contributed by atoms with E-state index >= 15 is 0 Å². The molecule has 0 bridgehead atoms. The molecule has 0 radical (unpaired) electrons. The third-order valence-electron chi connectivity index (χ3n) is 3.16. The Bertz CT molecular complexity index is 319. The molecule has 17 heavy (non-hydrogen) atoms. The Morgan fingerprint density at radius 2 is 2.41 bits per heavy atom. The van der Waals surface area contributed by atoms with Gasteiger partial charge in [-0.15, -0.1) is 0 Å². The predicted molar refractivity (Wildman–Crippen MR) is 66.0 cm³/mol. The van der Waals surface area contributed by atoms with Crippen LogP contribution in [0.1, 0.15) is 37.3 Å². The zero-order chi connectivity index (χ0) is 11.9. The van der Waals surface area contributed by atoms with E-state index in [1.807, 2.05) is 13.2 Å². The second-order valence-electron chi connectivity index (χ2n) is 4.60. The first-order valence-electron chi connectivity index (χ1n) is 6.58. The number of rotatable bonds is 7. The standard InChI is InChI=1S/C13H22N2O2/c1-14-8-2-5-13-15-10-12(17-13)7-6-11-4-3-9-16-11/h10-11,14H,2-9H2,1H3. The third kappa shape index (κ3) is 4.13. The van der Waals surface area contributed by atoms with Crippen molar-refractivity contribution in [3.8, 4) is 0 Å². The van der Waals surface area contributed by atoms with Gasteiger partial charge in [0.2, 0.25) is 0 Å². The molecule has 1 fully saturated rings. The van der Waals surface area contributed by atoms with Gasteiger partial charge in [-0.1, -0.05) is 0 Å². The highest BCUT2D eigenvalue weighted by Gasteiger charge is 2.16. The van der Waals surface area contributed by atoms with Crippen LogP contribution in [0.15, 0.2) is 10.6 Å². The van der Waals surface area contributed by atoms with Crippen molar-refractivity contribution in [1.29, 1.82) is 0 Å². The molecule has 2 rings (SSSR count). The monoisotopic (exact) mass is 238 g/mol. The molecule has 1 aliphatic rings. The maximum absolute atomic E-state index is 5.70. The van der Waals surface area contributed by atoms with Crippen LogP contribution >= 0.6 is 0 Å². The highest BCUT2D eigenvalue weighted by Crippen LogP contribution is 2.18. The Morgan fingerprint density at radius 3 is 3.18 bits per heavy atom. The largest absolute Gasteiger partial charge is 0.446 e. The molecule has 0 aromatic carbocycles. The lowest BCUT2D eigenvalue weighted by atomic mass is 10.1. The van der Waals surface area contributed by atoms with Crippen LogP contribution in [0.3, 0.4) is 0 Å². The molecule has 1 aromatic heterocycles. The van der Waals surface area contributed by atoms with Crippen molar-refractivity contribution < 1.29 is 9.15 Å². The molecule has 1 N–H and O–H groups in total. The van der Waals surface area contributed by atoms with Gasteiger partial charge in [0.15, 0.2) is 5.89 Å². The average Bonchev–Trinajstić information content (AvgIpc) is 2.98. The normalized spacial score (nSPS) is 19.9. The molecule has 1 unspecified atom stereocenters. The number of ether oxygens (including phenoxy) is 1. The number of hydrogen-bond acceptors (Lipinski definition) is 4. The van der Waals surface area contributed by atoms with E-state index in [2.05, 4.69) is 10.3 Å². The molecule has 96 valence electrons. The SMILES string of the molecule is CNCCCc1ncc(CCC2CCCO2)o1. The van der Waals surface area contributed by atoms with Gasteiger partial charge in [0.25, 0.3) is 0 Å². The lowest BCUT2D eigenvalue weighted by Gasteiger charge is -2.06. The average molecular weight is 238 g/mol. The van der Waals surface area contributed by atoms with Crippen molar-refractivity contribution in [2.24, 2.45) is 0 Å². The van der Waals surface area contributed by atoms with Crippen molar-refractivity contribution in [1.82, 2.24) is 10.3 Å². The Hall–Kier alpha value is -0.870. The molecule has 0 saturated carbocycles. The number of aryl methyl sites for hydroxylation is 2. The van der Waals surface area contributed by atoms with E-state index in [1.165, 1.54) is 12.8 Å². The molecule has 0 aliphatic carbocycles. The smallest absolute Gasteiger partial charge is 0.194 e. The van der Waals surface area contributed by atoms with E-state index in [9.17, 15) is 0 Å². The minimum Gasteiger partial charge on any atom is -0.446 e. The predicted octanol–water partition coefficient (Wildman–Crippen LogP) is 1.94. The van der Waals surface area contributed by atoms with Crippen LogP contribution in [0.5, 0.6) is 0 Å². The van der Waals surface area contributed by atoms with Gasteiger partial charge in [0.1, 0.15) is 5.76 Å². The molecule has 1 aliphatic heterocycles. The summed E-state index contributed by atoms with van der Waals surface area (Å²) >= 11 is 0. The van der Waals surface area contributed by atoms with Gasteiger partial charge < -0.3 is 14.5 Å². The molecule has 4 nitrogen and oxygen atoms in total. The summed E-state index contributed by atoms with van der Waals surface area (Å²) in [6.45, 7) is 1.93. The maximum atomic E-state index is 5.70. The van der Waals surface area contributed by atoms with E-state index in [0.717, 1.165) is 50.5 Å². The fraction of sp³-hybridized carbons (Fsp3) is 0.769. The summed E-state index contributed by atoms with van der Waals surface area (Å²) < 4.78 is 11.3. The quantitative estimate of drug-likeness (QED) is 0.737. The Labute approximate surface area is 103 Å². The van der Waals surface area contributed by atoms with Crippen LogP contribution in [0.2, 0.25) is 0 Å². The second kappa shape index (κ2) is 6.77. The maximum Gasteiger partial charge on any atom is 0.194 e. The Kier molecular flexibility index (Phi) is 5.01. The topological polar surface area (TPSA) is 47.3 Å². The number of nitrogens with one attached hydrogen (secondary N) is 1. The first-order chi connectivity index (χ1) is 8.38. The fourth-order valence-corrected chi connectivity index (χ4v) is 2.17. The highest BCUT2D eigenvalue weighted by molar-refractivity contribution is 4.95. The molecule has 2 heterocycles. The summed E-state index contributed by atoms with van der Waals surface area (Å²) in [6.07, 6.45) is 8.70. The van der Waals surface area contributed by atoms with Crippen LogP contribution in [0.25, 0.3) is 0 Å². The summed E-state index contributed by atoms with van der Waals surface area (Å²) in [4.78, 5) is 4.30.